The van der Waals surface area contributed by atoms with Crippen molar-refractivity contribution in [3.63, 3.8) is 0 Å². The molecule has 4 rings (SSSR count). The van der Waals surface area contributed by atoms with E-state index in [1.807, 2.05) is 24.3 Å². The molecule has 3 heterocycles. The molecule has 2 aliphatic rings. The standard InChI is InChI=1S/C22H29N5O2/c1-29-19-6-4-17(5-7-19)15-23-22(28)18-8-12-27(13-9-18)21-14-20(24-16-25-21)26-10-2-3-11-26/h4-7,14,16,18H,2-3,8-13,15H2,1H3,(H,23,28). The molecule has 0 spiro atoms. The van der Waals surface area contributed by atoms with Crippen molar-refractivity contribution in [2.24, 2.45) is 5.92 Å². The van der Waals surface area contributed by atoms with Gasteiger partial charge in [-0.1, -0.05) is 12.1 Å². The quantitative estimate of drug-likeness (QED) is 0.811. The molecule has 7 heteroatoms. The van der Waals surface area contributed by atoms with Crippen molar-refractivity contribution in [2.45, 2.75) is 32.2 Å². The van der Waals surface area contributed by atoms with Crippen LogP contribution in [0.15, 0.2) is 36.7 Å². The van der Waals surface area contributed by atoms with Crippen molar-refractivity contribution in [3.8, 4) is 5.75 Å². The molecular weight excluding hydrogens is 366 g/mol. The third kappa shape index (κ3) is 4.78. The Morgan fingerprint density at radius 2 is 1.66 bits per heavy atom. The number of nitrogens with zero attached hydrogens (tertiary/aromatic N) is 4. The molecule has 1 amide bonds. The van der Waals surface area contributed by atoms with E-state index in [9.17, 15) is 4.79 Å². The minimum Gasteiger partial charge on any atom is -0.497 e. The van der Waals surface area contributed by atoms with E-state index >= 15 is 0 Å². The zero-order valence-corrected chi connectivity index (χ0v) is 17.0. The van der Waals surface area contributed by atoms with Gasteiger partial charge in [-0.15, -0.1) is 0 Å². The van der Waals surface area contributed by atoms with Crippen molar-refractivity contribution in [1.29, 1.82) is 0 Å². The molecule has 2 aliphatic heterocycles. The summed E-state index contributed by atoms with van der Waals surface area (Å²) >= 11 is 0. The Morgan fingerprint density at radius 3 is 2.28 bits per heavy atom. The van der Waals surface area contributed by atoms with Gasteiger partial charge in [-0.25, -0.2) is 9.97 Å². The third-order valence-corrected chi connectivity index (χ3v) is 5.88. The summed E-state index contributed by atoms with van der Waals surface area (Å²) in [5.74, 6) is 3.02. The number of piperidine rings is 1. The molecule has 0 unspecified atom stereocenters. The fourth-order valence-electron chi connectivity index (χ4n) is 4.08. The van der Waals surface area contributed by atoms with Crippen LogP contribution in [0.3, 0.4) is 0 Å². The highest BCUT2D eigenvalue weighted by atomic mass is 16.5. The molecule has 29 heavy (non-hydrogen) atoms. The zero-order chi connectivity index (χ0) is 20.1. The minimum absolute atomic E-state index is 0.0596. The van der Waals surface area contributed by atoms with Gasteiger partial charge in [0.15, 0.2) is 0 Å². The lowest BCUT2D eigenvalue weighted by atomic mass is 9.96. The number of aromatic nitrogens is 2. The van der Waals surface area contributed by atoms with E-state index in [0.29, 0.717) is 6.54 Å². The van der Waals surface area contributed by atoms with E-state index in [2.05, 4.69) is 31.2 Å². The SMILES string of the molecule is COc1ccc(CNC(=O)C2CCN(c3cc(N4CCCC4)ncn3)CC2)cc1. The first kappa shape index (κ1) is 19.5. The number of carbonyl (C=O) groups is 1. The molecule has 0 radical (unpaired) electrons. The maximum Gasteiger partial charge on any atom is 0.223 e. The van der Waals surface area contributed by atoms with Crippen LogP contribution in [0.4, 0.5) is 11.6 Å². The van der Waals surface area contributed by atoms with Crippen LogP contribution < -0.4 is 19.9 Å². The van der Waals surface area contributed by atoms with Gasteiger partial charge in [0.05, 0.1) is 7.11 Å². The number of benzene rings is 1. The van der Waals surface area contributed by atoms with Gasteiger partial charge in [-0.2, -0.15) is 0 Å². The summed E-state index contributed by atoms with van der Waals surface area (Å²) in [7, 11) is 1.65. The molecule has 7 nitrogen and oxygen atoms in total. The van der Waals surface area contributed by atoms with Crippen LogP contribution in [0.2, 0.25) is 0 Å². The van der Waals surface area contributed by atoms with Crippen LogP contribution in [0, 0.1) is 5.92 Å². The minimum atomic E-state index is 0.0596. The van der Waals surface area contributed by atoms with Crippen molar-refractivity contribution in [1.82, 2.24) is 15.3 Å². The van der Waals surface area contributed by atoms with Crippen molar-refractivity contribution < 1.29 is 9.53 Å². The second-order valence-electron chi connectivity index (χ2n) is 7.76. The number of nitrogens with one attached hydrogen (secondary N) is 1. The summed E-state index contributed by atoms with van der Waals surface area (Å²) in [6.07, 6.45) is 5.82. The molecule has 0 aliphatic carbocycles. The fraction of sp³-hybridized carbons (Fsp3) is 0.500. The Bertz CT molecular complexity index is 812. The highest BCUT2D eigenvalue weighted by Gasteiger charge is 2.26. The summed E-state index contributed by atoms with van der Waals surface area (Å²) in [6, 6.07) is 9.88. The topological polar surface area (TPSA) is 70.6 Å². The number of carbonyl (C=O) groups excluding carboxylic acids is 1. The van der Waals surface area contributed by atoms with Crippen LogP contribution in [-0.4, -0.2) is 49.2 Å². The van der Waals surface area contributed by atoms with Crippen molar-refractivity contribution >= 4 is 17.5 Å². The second kappa shape index (κ2) is 9.11. The number of hydrogen-bond acceptors (Lipinski definition) is 6. The van der Waals surface area contributed by atoms with Gasteiger partial charge in [0.25, 0.3) is 0 Å². The molecule has 2 fully saturated rings. The lowest BCUT2D eigenvalue weighted by Gasteiger charge is -2.32. The van der Waals surface area contributed by atoms with Crippen LogP contribution in [0.5, 0.6) is 5.75 Å². The Kier molecular flexibility index (Phi) is 6.12. The molecule has 1 N–H and O–H groups in total. The van der Waals surface area contributed by atoms with E-state index in [4.69, 9.17) is 4.74 Å². The van der Waals surface area contributed by atoms with Gasteiger partial charge in [0, 0.05) is 44.7 Å². The summed E-state index contributed by atoms with van der Waals surface area (Å²) in [4.78, 5) is 26.1. The van der Waals surface area contributed by atoms with E-state index in [1.54, 1.807) is 13.4 Å². The molecule has 0 saturated carbocycles. The van der Waals surface area contributed by atoms with E-state index in [-0.39, 0.29) is 11.8 Å². The maximum absolute atomic E-state index is 12.6. The van der Waals surface area contributed by atoms with Gasteiger partial charge >= 0.3 is 0 Å². The highest BCUT2D eigenvalue weighted by Crippen LogP contribution is 2.25. The molecule has 1 aromatic carbocycles. The Hall–Kier alpha value is -2.83. The summed E-state index contributed by atoms with van der Waals surface area (Å²) in [5.41, 5.74) is 1.08. The van der Waals surface area contributed by atoms with E-state index < -0.39 is 0 Å². The molecule has 0 atom stereocenters. The van der Waals surface area contributed by atoms with Gasteiger partial charge in [-0.3, -0.25) is 4.79 Å². The maximum atomic E-state index is 12.6. The normalized spacial score (nSPS) is 17.4. The van der Waals surface area contributed by atoms with E-state index in [0.717, 1.165) is 62.0 Å². The fourth-order valence-corrected chi connectivity index (χ4v) is 4.08. The first-order valence-electron chi connectivity index (χ1n) is 10.5. The Labute approximate surface area is 172 Å². The van der Waals surface area contributed by atoms with Gasteiger partial charge in [0.2, 0.25) is 5.91 Å². The predicted molar refractivity (Wildman–Crippen MR) is 113 cm³/mol. The average Bonchev–Trinajstić information content (AvgIpc) is 3.33. The van der Waals surface area contributed by atoms with Gasteiger partial charge in [0.1, 0.15) is 23.7 Å². The molecule has 1 aromatic heterocycles. The van der Waals surface area contributed by atoms with Crippen LogP contribution in [0.1, 0.15) is 31.2 Å². The number of hydrogen-bond donors (Lipinski definition) is 1. The number of amides is 1. The van der Waals surface area contributed by atoms with Gasteiger partial charge in [-0.05, 0) is 43.4 Å². The average molecular weight is 396 g/mol. The summed E-state index contributed by atoms with van der Waals surface area (Å²) in [6.45, 7) is 4.39. The highest BCUT2D eigenvalue weighted by molar-refractivity contribution is 5.79. The van der Waals surface area contributed by atoms with Crippen LogP contribution in [0.25, 0.3) is 0 Å². The number of anilines is 2. The lowest BCUT2D eigenvalue weighted by Crippen LogP contribution is -2.40. The monoisotopic (exact) mass is 395 g/mol. The van der Waals surface area contributed by atoms with Crippen molar-refractivity contribution in [3.05, 3.63) is 42.2 Å². The third-order valence-electron chi connectivity index (χ3n) is 5.88. The number of methoxy groups -OCH3 is 1. The molecule has 2 saturated heterocycles. The molecule has 2 aromatic rings. The smallest absolute Gasteiger partial charge is 0.223 e. The summed E-state index contributed by atoms with van der Waals surface area (Å²) in [5, 5.41) is 3.08. The number of rotatable bonds is 6. The summed E-state index contributed by atoms with van der Waals surface area (Å²) < 4.78 is 5.17. The Morgan fingerprint density at radius 1 is 1.03 bits per heavy atom. The molecule has 154 valence electrons. The van der Waals surface area contributed by atoms with Crippen LogP contribution in [-0.2, 0) is 11.3 Å². The van der Waals surface area contributed by atoms with E-state index in [1.165, 1.54) is 12.8 Å². The second-order valence-corrected chi connectivity index (χ2v) is 7.76. The zero-order valence-electron chi connectivity index (χ0n) is 17.0. The largest absolute Gasteiger partial charge is 0.497 e. The number of ether oxygens (including phenoxy) is 1. The lowest BCUT2D eigenvalue weighted by molar-refractivity contribution is -0.125. The first-order chi connectivity index (χ1) is 14.2. The van der Waals surface area contributed by atoms with Crippen molar-refractivity contribution in [2.75, 3.05) is 43.1 Å². The molecule has 0 bridgehead atoms. The predicted octanol–water partition coefficient (Wildman–Crippen LogP) is 2.62. The van der Waals surface area contributed by atoms with Gasteiger partial charge < -0.3 is 19.9 Å². The molecular formula is C22H29N5O2. The first-order valence-corrected chi connectivity index (χ1v) is 10.5. The Balaban J connectivity index is 1.27. The van der Waals surface area contributed by atoms with Crippen LogP contribution >= 0.6 is 0 Å².